The number of fused-ring (bicyclic) bond motifs is 9. The Kier molecular flexibility index (Phi) is 7.64. The maximum atomic E-state index is 15.3. The molecular weight excluding hydrogens is 700 g/mol. The van der Waals surface area contributed by atoms with Crippen molar-refractivity contribution in [3.05, 3.63) is 194 Å². The molecule has 0 saturated heterocycles. The van der Waals surface area contributed by atoms with Gasteiger partial charge in [0.15, 0.2) is 17.5 Å². The molecule has 0 atom stereocenters. The molecule has 2 aromatic heterocycles. The van der Waals surface area contributed by atoms with Crippen LogP contribution in [0.3, 0.4) is 0 Å². The Labute approximate surface area is 327 Å². The molecule has 0 N–H and O–H groups in total. The largest absolute Gasteiger partial charge is 0.247 e. The molecule has 11 rings (SSSR count). The van der Waals surface area contributed by atoms with Gasteiger partial charge in [-0.1, -0.05) is 170 Å². The number of pyridine rings is 1. The topological polar surface area (TPSA) is 51.6 Å². The summed E-state index contributed by atoms with van der Waals surface area (Å²) in [6.45, 7) is 0. The van der Waals surface area contributed by atoms with Crippen LogP contribution in [0.1, 0.15) is 0 Å². The highest BCUT2D eigenvalue weighted by Crippen LogP contribution is 2.45. The Morgan fingerprint density at radius 2 is 0.754 bits per heavy atom. The van der Waals surface area contributed by atoms with Crippen molar-refractivity contribution in [3.8, 4) is 56.5 Å². The minimum Gasteiger partial charge on any atom is -0.247 e. The zero-order chi connectivity index (χ0) is 37.9. The van der Waals surface area contributed by atoms with Crippen LogP contribution in [0.4, 0.5) is 4.39 Å². The summed E-state index contributed by atoms with van der Waals surface area (Å²) in [4.78, 5) is 20.2. The van der Waals surface area contributed by atoms with Crippen LogP contribution >= 0.6 is 0 Å². The smallest absolute Gasteiger partial charge is 0.164 e. The maximum Gasteiger partial charge on any atom is 0.164 e. The van der Waals surface area contributed by atoms with E-state index in [-0.39, 0.29) is 5.82 Å². The number of aromatic nitrogens is 4. The molecular formula is C52H31FN4. The second-order valence-electron chi connectivity index (χ2n) is 14.3. The zero-order valence-corrected chi connectivity index (χ0v) is 30.6. The normalized spacial score (nSPS) is 11.6. The number of benzene rings is 9. The van der Waals surface area contributed by atoms with Crippen LogP contribution in [0, 0.1) is 5.82 Å². The van der Waals surface area contributed by atoms with E-state index in [0.29, 0.717) is 22.9 Å². The van der Waals surface area contributed by atoms with Crippen LogP contribution in [0.15, 0.2) is 188 Å². The van der Waals surface area contributed by atoms with Crippen molar-refractivity contribution in [2.75, 3.05) is 0 Å². The fourth-order valence-corrected chi connectivity index (χ4v) is 8.27. The molecule has 0 aliphatic rings. The van der Waals surface area contributed by atoms with Gasteiger partial charge in [-0.2, -0.15) is 0 Å². The standard InChI is InChI=1S/C52H31FN4/c53-45-30-29-43(39-19-7-10-20-40(39)45)49-48-42-22-12-9-18-38(42)37-17-8-11-21-41(37)47(48)44-28-27-36(31-46(44)54-49)32-23-25-35(26-24-32)52-56-50(33-13-3-1-4-14-33)55-51(57-52)34-15-5-2-6-16-34/h1-31H. The van der Waals surface area contributed by atoms with Gasteiger partial charge in [-0.3, -0.25) is 0 Å². The highest BCUT2D eigenvalue weighted by atomic mass is 19.1. The van der Waals surface area contributed by atoms with Crippen molar-refractivity contribution in [1.29, 1.82) is 0 Å². The highest BCUT2D eigenvalue weighted by Gasteiger charge is 2.20. The van der Waals surface area contributed by atoms with Crippen molar-refractivity contribution in [1.82, 2.24) is 19.9 Å². The Hall–Kier alpha value is -7.63. The van der Waals surface area contributed by atoms with Gasteiger partial charge in [-0.05, 0) is 56.3 Å². The van der Waals surface area contributed by atoms with Crippen LogP contribution in [0.5, 0.6) is 0 Å². The lowest BCUT2D eigenvalue weighted by Crippen LogP contribution is -2.00. The number of hydrogen-bond donors (Lipinski definition) is 0. The van der Waals surface area contributed by atoms with E-state index in [1.54, 1.807) is 6.07 Å². The van der Waals surface area contributed by atoms with E-state index >= 15 is 4.39 Å². The minimum atomic E-state index is -0.245. The molecule has 0 aliphatic heterocycles. The lowest BCUT2D eigenvalue weighted by Gasteiger charge is -2.18. The van der Waals surface area contributed by atoms with Crippen molar-refractivity contribution in [2.24, 2.45) is 0 Å². The molecule has 0 spiro atoms. The van der Waals surface area contributed by atoms with E-state index in [1.165, 1.54) is 5.39 Å². The molecule has 266 valence electrons. The van der Waals surface area contributed by atoms with E-state index in [0.717, 1.165) is 82.3 Å². The molecule has 9 aromatic carbocycles. The summed E-state index contributed by atoms with van der Waals surface area (Å²) in [5, 5.41) is 9.30. The summed E-state index contributed by atoms with van der Waals surface area (Å²) in [7, 11) is 0. The predicted molar refractivity (Wildman–Crippen MR) is 232 cm³/mol. The molecule has 0 unspecified atom stereocenters. The molecule has 2 heterocycles. The van der Waals surface area contributed by atoms with Gasteiger partial charge < -0.3 is 0 Å². The highest BCUT2D eigenvalue weighted by molar-refractivity contribution is 6.34. The van der Waals surface area contributed by atoms with Gasteiger partial charge in [0.25, 0.3) is 0 Å². The number of rotatable bonds is 5. The predicted octanol–water partition coefficient (Wildman–Crippen LogP) is 13.5. The third-order valence-electron chi connectivity index (χ3n) is 11.0. The first kappa shape index (κ1) is 32.8. The average molecular weight is 731 g/mol. The Balaban J connectivity index is 1.10. The number of nitrogens with zero attached hydrogens (tertiary/aromatic N) is 4. The summed E-state index contributed by atoms with van der Waals surface area (Å²) in [5.41, 5.74) is 7.43. The van der Waals surface area contributed by atoms with Crippen molar-refractivity contribution >= 4 is 54.0 Å². The van der Waals surface area contributed by atoms with Gasteiger partial charge in [0.1, 0.15) is 5.82 Å². The molecule has 0 aliphatic carbocycles. The van der Waals surface area contributed by atoms with Crippen molar-refractivity contribution in [3.63, 3.8) is 0 Å². The van der Waals surface area contributed by atoms with Gasteiger partial charge in [0.2, 0.25) is 0 Å². The Morgan fingerprint density at radius 1 is 0.298 bits per heavy atom. The lowest BCUT2D eigenvalue weighted by atomic mass is 9.88. The first-order valence-electron chi connectivity index (χ1n) is 19.0. The molecule has 11 aromatic rings. The first-order valence-corrected chi connectivity index (χ1v) is 19.0. The molecule has 5 heteroatoms. The van der Waals surface area contributed by atoms with E-state index < -0.39 is 0 Å². The summed E-state index contributed by atoms with van der Waals surface area (Å²) in [6, 6.07) is 63.2. The minimum absolute atomic E-state index is 0.245. The second kappa shape index (κ2) is 13.3. The molecule has 0 saturated carbocycles. The van der Waals surface area contributed by atoms with Gasteiger partial charge in [-0.25, -0.2) is 24.3 Å². The summed E-state index contributed by atoms with van der Waals surface area (Å²) >= 11 is 0. The summed E-state index contributed by atoms with van der Waals surface area (Å²) < 4.78 is 15.3. The van der Waals surface area contributed by atoms with Crippen LogP contribution in [0.25, 0.3) is 111 Å². The second-order valence-corrected chi connectivity index (χ2v) is 14.3. The van der Waals surface area contributed by atoms with Crippen LogP contribution in [0.2, 0.25) is 0 Å². The quantitative estimate of drug-likeness (QED) is 0.165. The zero-order valence-electron chi connectivity index (χ0n) is 30.6. The van der Waals surface area contributed by atoms with Gasteiger partial charge in [0, 0.05) is 43.8 Å². The van der Waals surface area contributed by atoms with Crippen LogP contribution < -0.4 is 0 Å². The van der Waals surface area contributed by atoms with Gasteiger partial charge in [-0.15, -0.1) is 0 Å². The summed E-state index contributed by atoms with van der Waals surface area (Å²) in [5.74, 6) is 1.62. The van der Waals surface area contributed by atoms with E-state index in [2.05, 4.69) is 91.0 Å². The molecule has 57 heavy (non-hydrogen) atoms. The number of halogens is 1. The SMILES string of the molecule is Fc1ccc(-c2nc3cc(-c4ccc(-c5nc(-c6ccccc6)nc(-c6ccccc6)n5)cc4)ccc3c3c4ccccc4c4ccccc4c23)c2ccccc12. The third-order valence-corrected chi connectivity index (χ3v) is 11.0. The van der Waals surface area contributed by atoms with Gasteiger partial charge in [0.05, 0.1) is 11.2 Å². The Bertz CT molecular complexity index is 3290. The van der Waals surface area contributed by atoms with E-state index in [1.807, 2.05) is 91.0 Å². The van der Waals surface area contributed by atoms with E-state index in [4.69, 9.17) is 19.9 Å². The molecule has 0 radical (unpaired) electrons. The fraction of sp³-hybridized carbons (Fsp3) is 0. The molecule has 0 bridgehead atoms. The van der Waals surface area contributed by atoms with E-state index in [9.17, 15) is 0 Å². The van der Waals surface area contributed by atoms with Crippen LogP contribution in [-0.2, 0) is 0 Å². The third kappa shape index (κ3) is 5.51. The van der Waals surface area contributed by atoms with Crippen molar-refractivity contribution < 1.29 is 4.39 Å². The fourth-order valence-electron chi connectivity index (χ4n) is 8.27. The average Bonchev–Trinajstić information content (AvgIpc) is 3.29. The first-order chi connectivity index (χ1) is 28.2. The summed E-state index contributed by atoms with van der Waals surface area (Å²) in [6.07, 6.45) is 0. The molecule has 0 fully saturated rings. The number of hydrogen-bond acceptors (Lipinski definition) is 4. The molecule has 4 nitrogen and oxygen atoms in total. The lowest BCUT2D eigenvalue weighted by molar-refractivity contribution is 0.640. The Morgan fingerprint density at radius 3 is 1.35 bits per heavy atom. The van der Waals surface area contributed by atoms with Crippen LogP contribution in [-0.4, -0.2) is 19.9 Å². The monoisotopic (exact) mass is 730 g/mol. The van der Waals surface area contributed by atoms with Crippen molar-refractivity contribution in [2.45, 2.75) is 0 Å². The molecule has 0 amide bonds. The maximum absolute atomic E-state index is 15.3. The van der Waals surface area contributed by atoms with Gasteiger partial charge >= 0.3 is 0 Å².